The van der Waals surface area contributed by atoms with E-state index in [-0.39, 0.29) is 11.3 Å². The van der Waals surface area contributed by atoms with Gasteiger partial charge in [-0.05, 0) is 42.7 Å². The number of hydrogen-bond acceptors (Lipinski definition) is 6. The first-order valence-corrected chi connectivity index (χ1v) is 10.6. The van der Waals surface area contributed by atoms with Crippen molar-refractivity contribution in [2.75, 3.05) is 6.61 Å². The molecular weight excluding hydrogens is 398 g/mol. The van der Waals surface area contributed by atoms with Crippen LogP contribution >= 0.6 is 11.3 Å². The third-order valence-corrected chi connectivity index (χ3v) is 5.55. The summed E-state index contributed by atoms with van der Waals surface area (Å²) < 4.78 is 7.28. The topological polar surface area (TPSA) is 73.6 Å². The zero-order chi connectivity index (χ0) is 21.1. The molecule has 0 saturated carbocycles. The molecular formula is C23H21N3O3S. The predicted octanol–water partition coefficient (Wildman–Crippen LogP) is 2.75. The molecule has 30 heavy (non-hydrogen) atoms. The van der Waals surface area contributed by atoms with Crippen LogP contribution in [0.2, 0.25) is 0 Å². The van der Waals surface area contributed by atoms with E-state index in [4.69, 9.17) is 4.74 Å². The van der Waals surface area contributed by atoms with Crippen LogP contribution in [0.1, 0.15) is 35.7 Å². The molecule has 0 unspecified atom stereocenters. The van der Waals surface area contributed by atoms with E-state index in [1.165, 1.54) is 4.52 Å². The van der Waals surface area contributed by atoms with Gasteiger partial charge in [-0.3, -0.25) is 9.59 Å². The molecule has 0 spiro atoms. The Hall–Kier alpha value is -3.32. The van der Waals surface area contributed by atoms with Crippen LogP contribution in [0.4, 0.5) is 0 Å². The normalized spacial score (nSPS) is 11.9. The van der Waals surface area contributed by atoms with Gasteiger partial charge >= 0.3 is 0 Å². The highest BCUT2D eigenvalue weighted by Gasteiger charge is 2.11. The first kappa shape index (κ1) is 20.0. The van der Waals surface area contributed by atoms with Crippen molar-refractivity contribution < 1.29 is 4.74 Å². The first-order chi connectivity index (χ1) is 14.5. The molecule has 7 heteroatoms. The fraction of sp³-hybridized carbons (Fsp3) is 0.217. The Balaban J connectivity index is 1.68. The van der Waals surface area contributed by atoms with Gasteiger partial charge in [0.15, 0.2) is 0 Å². The van der Waals surface area contributed by atoms with Crippen LogP contribution in [0, 0.1) is 6.92 Å². The Kier molecular flexibility index (Phi) is 5.72. The maximum atomic E-state index is 12.8. The summed E-state index contributed by atoms with van der Waals surface area (Å²) in [5.74, 6) is 0.794. The molecule has 0 aliphatic rings. The van der Waals surface area contributed by atoms with E-state index in [0.29, 0.717) is 22.5 Å². The van der Waals surface area contributed by atoms with Gasteiger partial charge < -0.3 is 4.74 Å². The molecule has 0 radical (unpaired) electrons. The van der Waals surface area contributed by atoms with Crippen molar-refractivity contribution in [2.24, 2.45) is 0 Å². The first-order valence-electron chi connectivity index (χ1n) is 9.76. The second-order valence-corrected chi connectivity index (χ2v) is 8.06. The standard InChI is InChI=1S/C23H21N3O3S/c1-3-12-29-18-10-8-17(9-11-18)14-20-22(28)26-23(30-20)24-21(27)19(25-26)13-16-6-4-15(2)5-7-16/h4-11,14H,3,12-13H2,1-2H3/b20-14+. The molecule has 2 aromatic carbocycles. The van der Waals surface area contributed by atoms with Gasteiger partial charge in [0.05, 0.1) is 11.1 Å². The summed E-state index contributed by atoms with van der Waals surface area (Å²) in [4.78, 5) is 29.6. The second kappa shape index (κ2) is 8.59. The van der Waals surface area contributed by atoms with Gasteiger partial charge in [-0.15, -0.1) is 0 Å². The second-order valence-electron chi connectivity index (χ2n) is 7.05. The Morgan fingerprint density at radius 2 is 1.80 bits per heavy atom. The summed E-state index contributed by atoms with van der Waals surface area (Å²) >= 11 is 1.16. The molecule has 2 heterocycles. The van der Waals surface area contributed by atoms with Gasteiger partial charge in [0, 0.05) is 6.42 Å². The fourth-order valence-electron chi connectivity index (χ4n) is 2.98. The lowest BCUT2D eigenvalue weighted by Crippen LogP contribution is -2.28. The molecule has 0 atom stereocenters. The zero-order valence-corrected chi connectivity index (χ0v) is 17.6. The highest BCUT2D eigenvalue weighted by Crippen LogP contribution is 2.13. The highest BCUT2D eigenvalue weighted by atomic mass is 32.1. The summed E-state index contributed by atoms with van der Waals surface area (Å²) in [6.45, 7) is 4.72. The van der Waals surface area contributed by atoms with Crippen molar-refractivity contribution in [1.29, 1.82) is 0 Å². The van der Waals surface area contributed by atoms with Gasteiger partial charge in [0.25, 0.3) is 11.1 Å². The van der Waals surface area contributed by atoms with Crippen molar-refractivity contribution in [3.05, 3.63) is 96.2 Å². The third-order valence-electron chi connectivity index (χ3n) is 4.59. The van der Waals surface area contributed by atoms with Crippen LogP contribution in [-0.4, -0.2) is 21.2 Å². The van der Waals surface area contributed by atoms with E-state index in [2.05, 4.69) is 17.0 Å². The monoisotopic (exact) mass is 419 g/mol. The number of thiazole rings is 1. The van der Waals surface area contributed by atoms with Crippen molar-refractivity contribution in [3.8, 4) is 5.75 Å². The Labute approximate surface area is 177 Å². The molecule has 0 bridgehead atoms. The molecule has 4 rings (SSSR count). The number of aromatic nitrogens is 3. The van der Waals surface area contributed by atoms with Crippen LogP contribution < -0.4 is 20.4 Å². The summed E-state index contributed by atoms with van der Waals surface area (Å²) in [6, 6.07) is 15.4. The van der Waals surface area contributed by atoms with E-state index in [1.807, 2.05) is 55.5 Å². The molecule has 4 aromatic rings. The summed E-state index contributed by atoms with van der Waals surface area (Å²) in [6.07, 6.45) is 3.06. The quantitative estimate of drug-likeness (QED) is 0.481. The van der Waals surface area contributed by atoms with E-state index >= 15 is 0 Å². The van der Waals surface area contributed by atoms with E-state index in [0.717, 1.165) is 40.2 Å². The number of aryl methyl sites for hydroxylation is 1. The maximum absolute atomic E-state index is 12.8. The molecule has 0 aliphatic heterocycles. The van der Waals surface area contributed by atoms with Crippen molar-refractivity contribution >= 4 is 22.4 Å². The smallest absolute Gasteiger partial charge is 0.296 e. The van der Waals surface area contributed by atoms with Gasteiger partial charge in [-0.25, -0.2) is 0 Å². The van der Waals surface area contributed by atoms with Gasteiger partial charge in [-0.1, -0.05) is 60.2 Å². The third kappa shape index (κ3) is 4.31. The van der Waals surface area contributed by atoms with Crippen LogP contribution in [-0.2, 0) is 6.42 Å². The molecule has 0 N–H and O–H groups in total. The van der Waals surface area contributed by atoms with Crippen LogP contribution in [0.5, 0.6) is 5.75 Å². The summed E-state index contributed by atoms with van der Waals surface area (Å²) in [5, 5.41) is 4.30. The number of rotatable bonds is 6. The van der Waals surface area contributed by atoms with Gasteiger partial charge in [0.1, 0.15) is 11.4 Å². The summed E-state index contributed by atoms with van der Waals surface area (Å²) in [7, 11) is 0. The number of benzene rings is 2. The van der Waals surface area contributed by atoms with E-state index in [9.17, 15) is 9.59 Å². The zero-order valence-electron chi connectivity index (χ0n) is 16.8. The Morgan fingerprint density at radius 1 is 1.07 bits per heavy atom. The summed E-state index contributed by atoms with van der Waals surface area (Å²) in [5.41, 5.74) is 2.54. The number of hydrogen-bond donors (Lipinski definition) is 0. The van der Waals surface area contributed by atoms with Gasteiger partial charge in [-0.2, -0.15) is 14.6 Å². The molecule has 0 fully saturated rings. The van der Waals surface area contributed by atoms with E-state index < -0.39 is 5.56 Å². The highest BCUT2D eigenvalue weighted by molar-refractivity contribution is 7.15. The molecule has 6 nitrogen and oxygen atoms in total. The minimum atomic E-state index is -0.402. The van der Waals surface area contributed by atoms with E-state index in [1.54, 1.807) is 6.08 Å². The maximum Gasteiger partial charge on any atom is 0.296 e. The molecule has 152 valence electrons. The van der Waals surface area contributed by atoms with Crippen molar-refractivity contribution in [1.82, 2.24) is 14.6 Å². The number of nitrogens with zero attached hydrogens (tertiary/aromatic N) is 3. The Morgan fingerprint density at radius 3 is 2.50 bits per heavy atom. The Bertz CT molecular complexity index is 1340. The SMILES string of the molecule is CCCOc1ccc(/C=c2/sc3nc(=O)c(Cc4ccc(C)cc4)nn3c2=O)cc1. The van der Waals surface area contributed by atoms with Crippen LogP contribution in [0.25, 0.3) is 11.0 Å². The fourth-order valence-corrected chi connectivity index (χ4v) is 3.89. The average molecular weight is 420 g/mol. The lowest BCUT2D eigenvalue weighted by molar-refractivity contribution is 0.317. The van der Waals surface area contributed by atoms with Gasteiger partial charge in [0.2, 0.25) is 4.96 Å². The molecule has 0 amide bonds. The molecule has 0 aliphatic carbocycles. The minimum absolute atomic E-state index is 0.259. The number of ether oxygens (including phenoxy) is 1. The van der Waals surface area contributed by atoms with Crippen LogP contribution in [0.15, 0.2) is 58.1 Å². The largest absolute Gasteiger partial charge is 0.494 e. The average Bonchev–Trinajstić information content (AvgIpc) is 3.04. The lowest BCUT2D eigenvalue weighted by atomic mass is 10.1. The lowest BCUT2D eigenvalue weighted by Gasteiger charge is -2.03. The number of fused-ring (bicyclic) bond motifs is 1. The predicted molar refractivity (Wildman–Crippen MR) is 118 cm³/mol. The van der Waals surface area contributed by atoms with Crippen molar-refractivity contribution in [3.63, 3.8) is 0 Å². The molecule has 2 aromatic heterocycles. The molecule has 0 saturated heterocycles. The minimum Gasteiger partial charge on any atom is -0.494 e. The van der Waals surface area contributed by atoms with Crippen molar-refractivity contribution in [2.45, 2.75) is 26.7 Å². The van der Waals surface area contributed by atoms with Crippen LogP contribution in [0.3, 0.4) is 0 Å².